The number of nitrogens with zero attached hydrogens (tertiary/aromatic N) is 1. The van der Waals surface area contributed by atoms with Gasteiger partial charge < -0.3 is 20.5 Å². The van der Waals surface area contributed by atoms with Crippen molar-refractivity contribution in [2.24, 2.45) is 0 Å². The summed E-state index contributed by atoms with van der Waals surface area (Å²) < 4.78 is 46.5. The molecular weight excluding hydrogens is 555 g/mol. The Balaban J connectivity index is 1.63. The van der Waals surface area contributed by atoms with Crippen molar-refractivity contribution in [3.8, 4) is 33.7 Å². The molecule has 0 unspecified atom stereocenters. The molecule has 6 aromatic rings. The van der Waals surface area contributed by atoms with Crippen molar-refractivity contribution in [1.82, 2.24) is 10.3 Å². The quantitative estimate of drug-likeness (QED) is 0.197. The van der Waals surface area contributed by atoms with E-state index in [1.807, 2.05) is 42.5 Å². The maximum atomic E-state index is 13.7. The van der Waals surface area contributed by atoms with Gasteiger partial charge >= 0.3 is 0 Å². The molecule has 0 saturated carbocycles. The molecule has 2 heterocycles. The first kappa shape index (κ1) is 27.1. The summed E-state index contributed by atoms with van der Waals surface area (Å²) in [5.74, 6) is -0.599. The van der Waals surface area contributed by atoms with Crippen molar-refractivity contribution in [3.05, 3.63) is 96.3 Å². The smallest absolute Gasteiger partial charge is 0.255 e. The highest BCUT2D eigenvalue weighted by atomic mass is 32.2. The molecule has 212 valence electrons. The van der Waals surface area contributed by atoms with Crippen molar-refractivity contribution in [1.29, 1.82) is 0 Å². The standard InChI is InChI=1S/C32H27FN4O4S/c1-35-32(38)30-25-16-24(20-12-21(14-23(34)13-20)27-15-19-6-4-5-7-26(19)36-27)28(37(2)42(3,39)40)17-29(25)41-31(30)18-8-10-22(33)11-9-18/h4-17,36H,34H2,1-3H3,(H,35,38). The normalized spacial score (nSPS) is 11.7. The predicted octanol–water partition coefficient (Wildman–Crippen LogP) is 6.39. The number of nitrogens with one attached hydrogen (secondary N) is 2. The molecule has 1 amide bonds. The Labute approximate surface area is 241 Å². The number of H-pyrrole nitrogens is 1. The van der Waals surface area contributed by atoms with E-state index in [1.165, 1.54) is 38.4 Å². The van der Waals surface area contributed by atoms with E-state index < -0.39 is 21.7 Å². The lowest BCUT2D eigenvalue weighted by molar-refractivity contribution is 0.0964. The molecule has 0 saturated heterocycles. The van der Waals surface area contributed by atoms with Crippen LogP contribution in [0.4, 0.5) is 15.8 Å². The number of nitrogens with two attached hydrogens (primary N) is 1. The van der Waals surface area contributed by atoms with Gasteiger partial charge in [-0.1, -0.05) is 18.2 Å². The highest BCUT2D eigenvalue weighted by molar-refractivity contribution is 7.92. The fraction of sp³-hybridized carbons (Fsp3) is 0.0938. The molecule has 42 heavy (non-hydrogen) atoms. The molecule has 0 radical (unpaired) electrons. The maximum absolute atomic E-state index is 13.7. The van der Waals surface area contributed by atoms with Crippen LogP contribution in [0, 0.1) is 5.82 Å². The molecule has 0 fully saturated rings. The van der Waals surface area contributed by atoms with E-state index in [4.69, 9.17) is 10.2 Å². The summed E-state index contributed by atoms with van der Waals surface area (Å²) in [6.07, 6.45) is 1.11. The summed E-state index contributed by atoms with van der Waals surface area (Å²) >= 11 is 0. The monoisotopic (exact) mass is 582 g/mol. The van der Waals surface area contributed by atoms with E-state index in [9.17, 15) is 17.6 Å². The first-order chi connectivity index (χ1) is 20.0. The molecule has 10 heteroatoms. The number of amides is 1. The molecule has 8 nitrogen and oxygen atoms in total. The third-order valence-electron chi connectivity index (χ3n) is 7.31. The number of para-hydroxylation sites is 1. The van der Waals surface area contributed by atoms with Gasteiger partial charge in [-0.15, -0.1) is 0 Å². The average molecular weight is 583 g/mol. The Bertz CT molecular complexity index is 2080. The molecule has 0 aliphatic carbocycles. The van der Waals surface area contributed by atoms with E-state index in [0.29, 0.717) is 39.0 Å². The number of anilines is 2. The number of hydrogen-bond acceptors (Lipinski definition) is 5. The van der Waals surface area contributed by atoms with Gasteiger partial charge in [0.25, 0.3) is 5.91 Å². The molecule has 6 rings (SSSR count). The topological polar surface area (TPSA) is 121 Å². The van der Waals surface area contributed by atoms with Crippen LogP contribution in [0.3, 0.4) is 0 Å². The SMILES string of the molecule is CNC(=O)c1c(-c2ccc(F)cc2)oc2cc(N(C)S(C)(=O)=O)c(-c3cc(N)cc(-c4cc5ccccc5[nH]4)c3)cc12. The number of nitrogen functional groups attached to an aromatic ring is 1. The van der Waals surface area contributed by atoms with Crippen molar-refractivity contribution in [2.45, 2.75) is 0 Å². The summed E-state index contributed by atoms with van der Waals surface area (Å²) in [4.78, 5) is 16.6. The van der Waals surface area contributed by atoms with E-state index in [0.717, 1.165) is 32.7 Å². The summed E-state index contributed by atoms with van der Waals surface area (Å²) in [6, 6.07) is 24.4. The average Bonchev–Trinajstić information content (AvgIpc) is 3.57. The minimum Gasteiger partial charge on any atom is -0.455 e. The number of carbonyl (C=O) groups excluding carboxylic acids is 1. The summed E-state index contributed by atoms with van der Waals surface area (Å²) in [5.41, 5.74) is 12.0. The van der Waals surface area contributed by atoms with Gasteiger partial charge in [0.15, 0.2) is 0 Å². The maximum Gasteiger partial charge on any atom is 0.255 e. The van der Waals surface area contributed by atoms with Crippen LogP contribution in [0.25, 0.3) is 55.6 Å². The second-order valence-electron chi connectivity index (χ2n) is 10.1. The largest absolute Gasteiger partial charge is 0.455 e. The summed E-state index contributed by atoms with van der Waals surface area (Å²) in [7, 11) is -0.733. The number of aromatic nitrogens is 1. The number of carbonyl (C=O) groups is 1. The number of sulfonamides is 1. The number of fused-ring (bicyclic) bond motifs is 2. The van der Waals surface area contributed by atoms with E-state index in [2.05, 4.69) is 10.3 Å². The number of aromatic amines is 1. The minimum atomic E-state index is -3.69. The van der Waals surface area contributed by atoms with E-state index in [1.54, 1.807) is 18.2 Å². The molecule has 0 aliphatic rings. The van der Waals surface area contributed by atoms with Crippen molar-refractivity contribution in [2.75, 3.05) is 30.4 Å². The second kappa shape index (κ2) is 10.1. The van der Waals surface area contributed by atoms with Gasteiger partial charge in [-0.3, -0.25) is 9.10 Å². The Morgan fingerprint density at radius 3 is 2.36 bits per heavy atom. The predicted molar refractivity (Wildman–Crippen MR) is 165 cm³/mol. The third kappa shape index (κ3) is 4.75. The van der Waals surface area contributed by atoms with Gasteiger partial charge in [0, 0.05) is 64.5 Å². The second-order valence-corrected chi connectivity index (χ2v) is 12.1. The van der Waals surface area contributed by atoms with Crippen molar-refractivity contribution >= 4 is 49.2 Å². The lowest BCUT2D eigenvalue weighted by Gasteiger charge is -2.21. The van der Waals surface area contributed by atoms with Crippen LogP contribution < -0.4 is 15.4 Å². The van der Waals surface area contributed by atoms with Crippen LogP contribution in [-0.4, -0.2) is 39.7 Å². The van der Waals surface area contributed by atoms with Gasteiger partial charge in [0.05, 0.1) is 17.5 Å². The van der Waals surface area contributed by atoms with Gasteiger partial charge in [-0.2, -0.15) is 0 Å². The number of halogens is 1. The lowest BCUT2D eigenvalue weighted by Crippen LogP contribution is -2.25. The van der Waals surface area contributed by atoms with Gasteiger partial charge in [-0.05, 0) is 66.2 Å². The number of rotatable bonds is 6. The Morgan fingerprint density at radius 2 is 1.67 bits per heavy atom. The zero-order valence-electron chi connectivity index (χ0n) is 23.0. The third-order valence-corrected chi connectivity index (χ3v) is 8.50. The Morgan fingerprint density at radius 1 is 0.952 bits per heavy atom. The lowest BCUT2D eigenvalue weighted by atomic mass is 9.96. The highest BCUT2D eigenvalue weighted by Gasteiger charge is 2.26. The van der Waals surface area contributed by atoms with Crippen LogP contribution in [-0.2, 0) is 10.0 Å². The Kier molecular flexibility index (Phi) is 6.50. The first-order valence-corrected chi connectivity index (χ1v) is 14.9. The fourth-order valence-electron chi connectivity index (χ4n) is 5.15. The molecule has 2 aromatic heterocycles. The van der Waals surface area contributed by atoms with Crippen LogP contribution >= 0.6 is 0 Å². The minimum absolute atomic E-state index is 0.237. The van der Waals surface area contributed by atoms with Gasteiger partial charge in [0.2, 0.25) is 10.0 Å². The number of benzene rings is 4. The molecule has 0 aliphatic heterocycles. The first-order valence-electron chi connectivity index (χ1n) is 13.0. The zero-order chi connectivity index (χ0) is 29.8. The number of furan rings is 1. The van der Waals surface area contributed by atoms with Crippen molar-refractivity contribution < 1.29 is 22.0 Å². The molecule has 0 bridgehead atoms. The zero-order valence-corrected chi connectivity index (χ0v) is 23.8. The Hall–Kier alpha value is -5.09. The van der Waals surface area contributed by atoms with Gasteiger partial charge in [-0.25, -0.2) is 12.8 Å². The molecule has 0 spiro atoms. The molecular formula is C32H27FN4O4S. The summed E-state index contributed by atoms with van der Waals surface area (Å²) in [6.45, 7) is 0. The summed E-state index contributed by atoms with van der Waals surface area (Å²) in [5, 5.41) is 4.15. The van der Waals surface area contributed by atoms with E-state index in [-0.39, 0.29) is 11.3 Å². The van der Waals surface area contributed by atoms with Crippen LogP contribution in [0.15, 0.2) is 89.3 Å². The molecule has 4 N–H and O–H groups in total. The van der Waals surface area contributed by atoms with E-state index >= 15 is 0 Å². The molecule has 0 atom stereocenters. The fourth-order valence-corrected chi connectivity index (χ4v) is 5.66. The molecule has 4 aromatic carbocycles. The van der Waals surface area contributed by atoms with Crippen LogP contribution in [0.2, 0.25) is 0 Å². The number of hydrogen-bond donors (Lipinski definition) is 3. The van der Waals surface area contributed by atoms with Crippen LogP contribution in [0.1, 0.15) is 10.4 Å². The van der Waals surface area contributed by atoms with Crippen LogP contribution in [0.5, 0.6) is 0 Å². The highest BCUT2D eigenvalue weighted by Crippen LogP contribution is 2.42. The van der Waals surface area contributed by atoms with Crippen molar-refractivity contribution in [3.63, 3.8) is 0 Å². The van der Waals surface area contributed by atoms with Gasteiger partial charge in [0.1, 0.15) is 17.2 Å².